The van der Waals surface area contributed by atoms with E-state index in [2.05, 4.69) is 42.4 Å². The van der Waals surface area contributed by atoms with Gasteiger partial charge in [0.2, 0.25) is 0 Å². The van der Waals surface area contributed by atoms with Crippen LogP contribution in [0.5, 0.6) is 0 Å². The van der Waals surface area contributed by atoms with E-state index in [-0.39, 0.29) is 17.5 Å². The Morgan fingerprint density at radius 1 is 1.50 bits per heavy atom. The summed E-state index contributed by atoms with van der Waals surface area (Å²) in [6, 6.07) is 8.12. The second-order valence-electron chi connectivity index (χ2n) is 5.71. The van der Waals surface area contributed by atoms with Crippen LogP contribution in [-0.2, 0) is 5.41 Å². The summed E-state index contributed by atoms with van der Waals surface area (Å²) in [4.78, 5) is 13.6. The average Bonchev–Trinajstić information content (AvgIpc) is 3.24. The zero-order valence-electron chi connectivity index (χ0n) is 12.4. The number of amides is 2. The topological polar surface area (TPSA) is 32.3 Å². The summed E-state index contributed by atoms with van der Waals surface area (Å²) in [5.41, 5.74) is 2.78. The van der Waals surface area contributed by atoms with Crippen molar-refractivity contribution < 1.29 is 4.79 Å². The third-order valence-corrected chi connectivity index (χ3v) is 4.29. The first-order valence-electron chi connectivity index (χ1n) is 7.03. The zero-order valence-corrected chi connectivity index (χ0v) is 12.4. The third-order valence-electron chi connectivity index (χ3n) is 4.29. The number of aryl methyl sites for hydroxylation is 1. The fraction of sp³-hybridized carbons (Fsp3) is 0.471. The van der Waals surface area contributed by atoms with Gasteiger partial charge in [-0.05, 0) is 37.8 Å². The molecule has 2 amide bonds. The molecular weight excluding hydrogens is 248 g/mol. The Hall–Kier alpha value is -1.95. The Kier molecular flexibility index (Phi) is 4.04. The number of urea groups is 1. The highest BCUT2D eigenvalue weighted by molar-refractivity contribution is 5.74. The molecular formula is C17H22N2O. The maximum absolute atomic E-state index is 12.1. The van der Waals surface area contributed by atoms with Crippen LogP contribution in [0.15, 0.2) is 24.3 Å². The van der Waals surface area contributed by atoms with Crippen molar-refractivity contribution in [2.45, 2.75) is 38.1 Å². The Labute approximate surface area is 121 Å². The standard InChI is InChI=1S/C17H22N2O/c1-5-14(3)19(4)16(20)18-12-17(10-11-17)15-9-7-6-8-13(15)2/h1,6-9,14H,10-12H2,2-4H3,(H,18,20)/t14-/m1/s1. The molecule has 2 rings (SSSR count). The van der Waals surface area contributed by atoms with Gasteiger partial charge in [-0.2, -0.15) is 0 Å². The molecule has 1 aliphatic rings. The number of nitrogens with one attached hydrogen (secondary N) is 1. The quantitative estimate of drug-likeness (QED) is 0.838. The van der Waals surface area contributed by atoms with Crippen molar-refractivity contribution in [2.24, 2.45) is 0 Å². The molecule has 1 fully saturated rings. The molecule has 1 saturated carbocycles. The average molecular weight is 270 g/mol. The van der Waals surface area contributed by atoms with Gasteiger partial charge in [0, 0.05) is 19.0 Å². The first-order chi connectivity index (χ1) is 9.50. The van der Waals surface area contributed by atoms with Crippen LogP contribution in [0.3, 0.4) is 0 Å². The molecule has 3 nitrogen and oxygen atoms in total. The van der Waals surface area contributed by atoms with Gasteiger partial charge in [0.05, 0.1) is 6.04 Å². The summed E-state index contributed by atoms with van der Waals surface area (Å²) < 4.78 is 0. The summed E-state index contributed by atoms with van der Waals surface area (Å²) in [7, 11) is 1.73. The van der Waals surface area contributed by atoms with Gasteiger partial charge in [-0.1, -0.05) is 30.2 Å². The van der Waals surface area contributed by atoms with E-state index in [1.165, 1.54) is 11.1 Å². The van der Waals surface area contributed by atoms with Gasteiger partial charge >= 0.3 is 6.03 Å². The number of terminal acetylenes is 1. The van der Waals surface area contributed by atoms with Crippen molar-refractivity contribution in [3.8, 4) is 12.3 Å². The first-order valence-corrected chi connectivity index (χ1v) is 7.03. The lowest BCUT2D eigenvalue weighted by molar-refractivity contribution is 0.202. The van der Waals surface area contributed by atoms with Gasteiger partial charge in [-0.3, -0.25) is 0 Å². The van der Waals surface area contributed by atoms with Crippen LogP contribution >= 0.6 is 0 Å². The van der Waals surface area contributed by atoms with Crippen molar-refractivity contribution in [2.75, 3.05) is 13.6 Å². The normalized spacial score (nSPS) is 16.9. The van der Waals surface area contributed by atoms with Crippen molar-refractivity contribution in [1.82, 2.24) is 10.2 Å². The predicted octanol–water partition coefficient (Wildman–Crippen LogP) is 2.69. The number of carbonyl (C=O) groups excluding carboxylic acids is 1. The molecule has 1 N–H and O–H groups in total. The van der Waals surface area contributed by atoms with Gasteiger partial charge in [-0.25, -0.2) is 4.79 Å². The van der Waals surface area contributed by atoms with Gasteiger partial charge in [0.15, 0.2) is 0 Å². The molecule has 106 valence electrons. The molecule has 3 heteroatoms. The summed E-state index contributed by atoms with van der Waals surface area (Å²) >= 11 is 0. The number of rotatable bonds is 4. The van der Waals surface area contributed by atoms with E-state index in [4.69, 9.17) is 6.42 Å². The highest BCUT2D eigenvalue weighted by atomic mass is 16.2. The van der Waals surface area contributed by atoms with E-state index in [1.54, 1.807) is 11.9 Å². The second-order valence-corrected chi connectivity index (χ2v) is 5.71. The van der Waals surface area contributed by atoms with Gasteiger partial charge < -0.3 is 10.2 Å². The van der Waals surface area contributed by atoms with E-state index < -0.39 is 0 Å². The smallest absolute Gasteiger partial charge is 0.318 e. The molecule has 0 heterocycles. The largest absolute Gasteiger partial charge is 0.337 e. The minimum absolute atomic E-state index is 0.102. The molecule has 0 aliphatic heterocycles. The molecule has 0 bridgehead atoms. The Morgan fingerprint density at radius 2 is 2.15 bits per heavy atom. The molecule has 0 spiro atoms. The highest BCUT2D eigenvalue weighted by Gasteiger charge is 2.45. The Balaban J connectivity index is 2.00. The van der Waals surface area contributed by atoms with Crippen LogP contribution in [0, 0.1) is 19.3 Å². The minimum Gasteiger partial charge on any atom is -0.337 e. The molecule has 1 atom stereocenters. The van der Waals surface area contributed by atoms with E-state index >= 15 is 0 Å². The lowest BCUT2D eigenvalue weighted by Crippen LogP contribution is -2.44. The number of hydrogen-bond donors (Lipinski definition) is 1. The van der Waals surface area contributed by atoms with E-state index in [9.17, 15) is 4.79 Å². The SMILES string of the molecule is C#C[C@@H](C)N(C)C(=O)NCC1(c2ccccc2C)CC1. The fourth-order valence-electron chi connectivity index (χ4n) is 2.52. The number of carbonyl (C=O) groups is 1. The van der Waals surface area contributed by atoms with E-state index in [0.29, 0.717) is 6.54 Å². The maximum Gasteiger partial charge on any atom is 0.318 e. The minimum atomic E-state index is -0.191. The number of nitrogens with zero attached hydrogens (tertiary/aromatic N) is 1. The number of hydrogen-bond acceptors (Lipinski definition) is 1. The molecule has 0 radical (unpaired) electrons. The van der Waals surface area contributed by atoms with Gasteiger partial charge in [0.1, 0.15) is 0 Å². The lowest BCUT2D eigenvalue weighted by Gasteiger charge is -2.24. The molecule has 1 aromatic carbocycles. The van der Waals surface area contributed by atoms with Crippen LogP contribution < -0.4 is 5.32 Å². The third kappa shape index (κ3) is 2.80. The van der Waals surface area contributed by atoms with Crippen LogP contribution in [0.25, 0.3) is 0 Å². The molecule has 0 unspecified atom stereocenters. The zero-order chi connectivity index (χ0) is 14.8. The summed E-state index contributed by atoms with van der Waals surface area (Å²) in [6.45, 7) is 4.65. The van der Waals surface area contributed by atoms with Crippen LogP contribution in [0.2, 0.25) is 0 Å². The van der Waals surface area contributed by atoms with Crippen LogP contribution in [-0.4, -0.2) is 30.6 Å². The first kappa shape index (κ1) is 14.5. The van der Waals surface area contributed by atoms with E-state index in [1.807, 2.05) is 6.92 Å². The van der Waals surface area contributed by atoms with E-state index in [0.717, 1.165) is 12.8 Å². The molecule has 20 heavy (non-hydrogen) atoms. The lowest BCUT2D eigenvalue weighted by atomic mass is 9.92. The van der Waals surface area contributed by atoms with Crippen molar-refractivity contribution in [1.29, 1.82) is 0 Å². The fourth-order valence-corrected chi connectivity index (χ4v) is 2.52. The van der Waals surface area contributed by atoms with Crippen LogP contribution in [0.4, 0.5) is 4.79 Å². The van der Waals surface area contributed by atoms with Crippen LogP contribution in [0.1, 0.15) is 30.9 Å². The summed E-state index contributed by atoms with van der Waals surface area (Å²) in [5, 5.41) is 3.02. The molecule has 1 aliphatic carbocycles. The van der Waals surface area contributed by atoms with Gasteiger partial charge in [0.25, 0.3) is 0 Å². The number of benzene rings is 1. The van der Waals surface area contributed by atoms with Crippen molar-refractivity contribution >= 4 is 6.03 Å². The predicted molar refractivity (Wildman–Crippen MR) is 81.5 cm³/mol. The Morgan fingerprint density at radius 3 is 2.70 bits per heavy atom. The molecule has 0 saturated heterocycles. The monoisotopic (exact) mass is 270 g/mol. The second kappa shape index (κ2) is 5.58. The van der Waals surface area contributed by atoms with Gasteiger partial charge in [-0.15, -0.1) is 6.42 Å². The summed E-state index contributed by atoms with van der Waals surface area (Å²) in [6.07, 6.45) is 7.61. The highest BCUT2D eigenvalue weighted by Crippen LogP contribution is 2.48. The molecule has 1 aromatic rings. The van der Waals surface area contributed by atoms with Crippen molar-refractivity contribution in [3.05, 3.63) is 35.4 Å². The maximum atomic E-state index is 12.1. The van der Waals surface area contributed by atoms with Crippen molar-refractivity contribution in [3.63, 3.8) is 0 Å². The molecule has 0 aromatic heterocycles. The summed E-state index contributed by atoms with van der Waals surface area (Å²) in [5.74, 6) is 2.56. The Bertz CT molecular complexity index is 540.